The van der Waals surface area contributed by atoms with E-state index in [1.165, 1.54) is 6.20 Å². The highest BCUT2D eigenvalue weighted by Gasteiger charge is 2.14. The average Bonchev–Trinajstić information content (AvgIpc) is 2.29. The Labute approximate surface area is 93.9 Å². The smallest absolute Gasteiger partial charge is 0.406 e. The summed E-state index contributed by atoms with van der Waals surface area (Å²) in [7, 11) is 0. The Hall–Kier alpha value is -1.91. The largest absolute Gasteiger partial charge is 0.485 e. The van der Waals surface area contributed by atoms with E-state index in [0.717, 1.165) is 12.8 Å². The second-order valence-corrected chi connectivity index (χ2v) is 3.10. The van der Waals surface area contributed by atoms with Gasteiger partial charge in [-0.1, -0.05) is 19.1 Å². The van der Waals surface area contributed by atoms with E-state index in [4.69, 9.17) is 4.74 Å². The summed E-state index contributed by atoms with van der Waals surface area (Å²) in [5, 5.41) is 10.6. The van der Waals surface area contributed by atoms with Crippen LogP contribution in [0.3, 0.4) is 0 Å². The number of pyridine rings is 1. The van der Waals surface area contributed by atoms with Crippen LogP contribution in [0, 0.1) is 10.1 Å². The molecule has 1 rings (SSSR count). The zero-order valence-corrected chi connectivity index (χ0v) is 9.13. The summed E-state index contributed by atoms with van der Waals surface area (Å²) in [4.78, 5) is 13.7. The van der Waals surface area contributed by atoms with E-state index < -0.39 is 4.92 Å². The Morgan fingerprint density at radius 1 is 1.56 bits per heavy atom. The highest BCUT2D eigenvalue weighted by Crippen LogP contribution is 2.22. The fourth-order valence-electron chi connectivity index (χ4n) is 1.15. The first-order valence-corrected chi connectivity index (χ1v) is 5.13. The molecule has 0 atom stereocenters. The van der Waals surface area contributed by atoms with Crippen LogP contribution in [-0.4, -0.2) is 16.5 Å². The van der Waals surface area contributed by atoms with E-state index in [2.05, 4.69) is 4.98 Å². The average molecular weight is 222 g/mol. The van der Waals surface area contributed by atoms with Crippen molar-refractivity contribution in [2.75, 3.05) is 6.61 Å². The molecular weight excluding hydrogens is 208 g/mol. The minimum absolute atomic E-state index is 0.220. The van der Waals surface area contributed by atoms with Gasteiger partial charge >= 0.3 is 5.82 Å². The SMILES string of the molecule is CCC=CCCOc1cccnc1[N+](=O)[O-]. The molecule has 1 aromatic rings. The Morgan fingerprint density at radius 3 is 3.06 bits per heavy atom. The Kier molecular flexibility index (Phi) is 4.98. The summed E-state index contributed by atoms with van der Waals surface area (Å²) >= 11 is 0. The maximum Gasteiger partial charge on any atom is 0.406 e. The summed E-state index contributed by atoms with van der Waals surface area (Å²) in [5.74, 6) is -0.0145. The Morgan fingerprint density at radius 2 is 2.38 bits per heavy atom. The van der Waals surface area contributed by atoms with Crippen molar-refractivity contribution < 1.29 is 9.66 Å². The van der Waals surface area contributed by atoms with Crippen LogP contribution in [0.15, 0.2) is 30.5 Å². The van der Waals surface area contributed by atoms with Crippen LogP contribution in [0.25, 0.3) is 0 Å². The van der Waals surface area contributed by atoms with Crippen LogP contribution in [0.4, 0.5) is 5.82 Å². The number of ether oxygens (including phenoxy) is 1. The quantitative estimate of drug-likeness (QED) is 0.321. The molecule has 86 valence electrons. The molecule has 5 heteroatoms. The predicted molar refractivity (Wildman–Crippen MR) is 60.4 cm³/mol. The van der Waals surface area contributed by atoms with Gasteiger partial charge in [0, 0.05) is 0 Å². The highest BCUT2D eigenvalue weighted by molar-refractivity contribution is 5.38. The summed E-state index contributed by atoms with van der Waals surface area (Å²) in [6.45, 7) is 2.46. The van der Waals surface area contributed by atoms with Gasteiger partial charge in [-0.3, -0.25) is 0 Å². The summed E-state index contributed by atoms with van der Waals surface area (Å²) in [6, 6.07) is 3.17. The summed E-state index contributed by atoms with van der Waals surface area (Å²) < 4.78 is 5.29. The van der Waals surface area contributed by atoms with Crippen molar-refractivity contribution in [1.82, 2.24) is 4.98 Å². The summed E-state index contributed by atoms with van der Waals surface area (Å²) in [5.41, 5.74) is 0. The first-order valence-electron chi connectivity index (χ1n) is 5.13. The number of allylic oxidation sites excluding steroid dienone is 1. The zero-order chi connectivity index (χ0) is 11.8. The van der Waals surface area contributed by atoms with E-state index >= 15 is 0 Å². The van der Waals surface area contributed by atoms with Crippen molar-refractivity contribution in [2.45, 2.75) is 19.8 Å². The van der Waals surface area contributed by atoms with E-state index in [-0.39, 0.29) is 11.6 Å². The molecular formula is C11H14N2O3. The standard InChI is InChI=1S/C11H14N2O3/c1-2-3-4-5-9-16-10-7-6-8-12-11(10)13(14)15/h3-4,6-8H,2,5,9H2,1H3. The molecule has 16 heavy (non-hydrogen) atoms. The fourth-order valence-corrected chi connectivity index (χ4v) is 1.15. The topological polar surface area (TPSA) is 65.3 Å². The normalized spacial score (nSPS) is 10.6. The van der Waals surface area contributed by atoms with Crippen molar-refractivity contribution in [2.24, 2.45) is 0 Å². The molecule has 1 heterocycles. The van der Waals surface area contributed by atoms with E-state index in [1.54, 1.807) is 12.1 Å². The fraction of sp³-hybridized carbons (Fsp3) is 0.364. The summed E-state index contributed by atoms with van der Waals surface area (Å²) in [6.07, 6.45) is 7.11. The van der Waals surface area contributed by atoms with Gasteiger partial charge in [0.05, 0.1) is 6.61 Å². The van der Waals surface area contributed by atoms with Crippen molar-refractivity contribution in [3.63, 3.8) is 0 Å². The van der Waals surface area contributed by atoms with E-state index in [0.29, 0.717) is 6.61 Å². The van der Waals surface area contributed by atoms with Crippen molar-refractivity contribution in [3.05, 3.63) is 40.6 Å². The lowest BCUT2D eigenvalue weighted by molar-refractivity contribution is -0.390. The molecule has 0 fully saturated rings. The molecule has 0 saturated carbocycles. The van der Waals surface area contributed by atoms with Crippen molar-refractivity contribution in [1.29, 1.82) is 0 Å². The number of aromatic nitrogens is 1. The molecule has 0 aliphatic heterocycles. The number of nitro groups is 1. The predicted octanol–water partition coefficient (Wildman–Crippen LogP) is 2.72. The molecule has 0 saturated heterocycles. The molecule has 0 unspecified atom stereocenters. The van der Waals surface area contributed by atoms with E-state index in [1.807, 2.05) is 19.1 Å². The minimum Gasteiger partial charge on any atom is -0.485 e. The monoisotopic (exact) mass is 222 g/mol. The first-order chi connectivity index (χ1) is 7.75. The maximum absolute atomic E-state index is 10.6. The highest BCUT2D eigenvalue weighted by atomic mass is 16.6. The van der Waals surface area contributed by atoms with Crippen LogP contribution in [0.5, 0.6) is 5.75 Å². The number of nitrogens with zero attached hydrogens (tertiary/aromatic N) is 2. The minimum atomic E-state index is -0.544. The van der Waals surface area contributed by atoms with Gasteiger partial charge in [-0.2, -0.15) is 0 Å². The Balaban J connectivity index is 2.53. The molecule has 0 aliphatic rings. The van der Waals surface area contributed by atoms with Gasteiger partial charge in [0.25, 0.3) is 0 Å². The maximum atomic E-state index is 10.6. The van der Waals surface area contributed by atoms with Crippen molar-refractivity contribution >= 4 is 5.82 Å². The molecule has 0 amide bonds. The number of hydrogen-bond acceptors (Lipinski definition) is 4. The number of hydrogen-bond donors (Lipinski definition) is 0. The van der Waals surface area contributed by atoms with E-state index in [9.17, 15) is 10.1 Å². The second kappa shape index (κ2) is 6.55. The molecule has 1 aromatic heterocycles. The lowest BCUT2D eigenvalue weighted by Gasteiger charge is -2.03. The first kappa shape index (κ1) is 12.2. The lowest BCUT2D eigenvalue weighted by Crippen LogP contribution is -2.00. The van der Waals surface area contributed by atoms with Gasteiger partial charge in [-0.25, -0.2) is 0 Å². The van der Waals surface area contributed by atoms with Gasteiger partial charge in [-0.05, 0) is 34.9 Å². The molecule has 0 spiro atoms. The van der Waals surface area contributed by atoms with Crippen LogP contribution < -0.4 is 4.74 Å². The van der Waals surface area contributed by atoms with Gasteiger partial charge in [0.2, 0.25) is 5.75 Å². The van der Waals surface area contributed by atoms with Gasteiger partial charge in [-0.15, -0.1) is 0 Å². The molecule has 5 nitrogen and oxygen atoms in total. The van der Waals surface area contributed by atoms with Gasteiger partial charge < -0.3 is 14.9 Å². The van der Waals surface area contributed by atoms with Crippen LogP contribution in [-0.2, 0) is 0 Å². The molecule has 0 aromatic carbocycles. The third-order valence-electron chi connectivity index (χ3n) is 1.87. The van der Waals surface area contributed by atoms with Crippen LogP contribution >= 0.6 is 0 Å². The molecule has 0 N–H and O–H groups in total. The zero-order valence-electron chi connectivity index (χ0n) is 9.13. The lowest BCUT2D eigenvalue weighted by atomic mass is 10.3. The van der Waals surface area contributed by atoms with Crippen molar-refractivity contribution in [3.8, 4) is 5.75 Å². The Bertz CT molecular complexity index is 377. The van der Waals surface area contributed by atoms with Crippen LogP contribution in [0.1, 0.15) is 19.8 Å². The third kappa shape index (κ3) is 3.68. The van der Waals surface area contributed by atoms with Gasteiger partial charge in [0.15, 0.2) is 0 Å². The third-order valence-corrected chi connectivity index (χ3v) is 1.87. The molecule has 0 radical (unpaired) electrons. The molecule has 0 aliphatic carbocycles. The van der Waals surface area contributed by atoms with Crippen LogP contribution in [0.2, 0.25) is 0 Å². The molecule has 0 bridgehead atoms. The second-order valence-electron chi connectivity index (χ2n) is 3.10. The number of rotatable bonds is 6. The van der Waals surface area contributed by atoms with Gasteiger partial charge in [0.1, 0.15) is 6.20 Å².